The van der Waals surface area contributed by atoms with Gasteiger partial charge in [0.1, 0.15) is 11.4 Å². The van der Waals surface area contributed by atoms with Crippen LogP contribution in [0.1, 0.15) is 51.7 Å². The minimum atomic E-state index is -0.437. The van der Waals surface area contributed by atoms with E-state index in [0.717, 1.165) is 51.3 Å². The standard InChI is InChI=1S/C20H30N2O3/c1-19(2,3)25-18(23)22-10-8-20(4,9-11-22)21-14-15-5-6-17-16(13-15)7-12-24-17/h5-6,13,21H,7-12,14H2,1-4H3. The Bertz CT molecular complexity index is 628. The van der Waals surface area contributed by atoms with Gasteiger partial charge in [-0.25, -0.2) is 4.79 Å². The van der Waals surface area contributed by atoms with E-state index < -0.39 is 5.60 Å². The number of hydrogen-bond acceptors (Lipinski definition) is 4. The van der Waals surface area contributed by atoms with Gasteiger partial charge in [0.05, 0.1) is 6.61 Å². The van der Waals surface area contributed by atoms with Gasteiger partial charge >= 0.3 is 6.09 Å². The molecule has 25 heavy (non-hydrogen) atoms. The third-order valence-electron chi connectivity index (χ3n) is 4.99. The molecule has 0 spiro atoms. The van der Waals surface area contributed by atoms with Crippen molar-refractivity contribution in [2.45, 2.75) is 64.6 Å². The maximum Gasteiger partial charge on any atom is 0.410 e. The molecule has 3 rings (SSSR count). The normalized spacial score (nSPS) is 19.3. The number of amides is 1. The summed E-state index contributed by atoms with van der Waals surface area (Å²) in [6.07, 6.45) is 2.67. The zero-order valence-corrected chi connectivity index (χ0v) is 15.9. The molecule has 0 unspecified atom stereocenters. The molecule has 0 saturated carbocycles. The molecule has 1 amide bonds. The fourth-order valence-corrected chi connectivity index (χ4v) is 3.35. The molecule has 0 radical (unpaired) electrons. The summed E-state index contributed by atoms with van der Waals surface area (Å²) >= 11 is 0. The Kier molecular flexibility index (Phi) is 4.96. The number of ether oxygens (including phenoxy) is 2. The number of piperidine rings is 1. The molecule has 138 valence electrons. The van der Waals surface area contributed by atoms with Crippen LogP contribution in [0.2, 0.25) is 0 Å². The Morgan fingerprint density at radius 2 is 2.04 bits per heavy atom. The first-order valence-electron chi connectivity index (χ1n) is 9.22. The molecule has 1 saturated heterocycles. The van der Waals surface area contributed by atoms with E-state index in [4.69, 9.17) is 9.47 Å². The van der Waals surface area contributed by atoms with Gasteiger partial charge in [0, 0.05) is 31.6 Å². The van der Waals surface area contributed by atoms with Crippen molar-refractivity contribution in [2.24, 2.45) is 0 Å². The largest absolute Gasteiger partial charge is 0.493 e. The van der Waals surface area contributed by atoms with E-state index in [-0.39, 0.29) is 11.6 Å². The summed E-state index contributed by atoms with van der Waals surface area (Å²) in [5, 5.41) is 3.69. The van der Waals surface area contributed by atoms with Crippen LogP contribution in [0, 0.1) is 0 Å². The first kappa shape index (κ1) is 18.1. The van der Waals surface area contributed by atoms with Gasteiger partial charge in [0.25, 0.3) is 0 Å². The molecule has 2 heterocycles. The van der Waals surface area contributed by atoms with Gasteiger partial charge in [-0.15, -0.1) is 0 Å². The summed E-state index contributed by atoms with van der Waals surface area (Å²) in [4.78, 5) is 14.0. The van der Waals surface area contributed by atoms with Crippen LogP contribution in [0.5, 0.6) is 5.75 Å². The Morgan fingerprint density at radius 1 is 1.32 bits per heavy atom. The summed E-state index contributed by atoms with van der Waals surface area (Å²) in [7, 11) is 0. The van der Waals surface area contributed by atoms with E-state index >= 15 is 0 Å². The predicted octanol–water partition coefficient (Wildman–Crippen LogP) is 3.50. The summed E-state index contributed by atoms with van der Waals surface area (Å²) in [5.74, 6) is 1.03. The molecule has 5 nitrogen and oxygen atoms in total. The zero-order valence-electron chi connectivity index (χ0n) is 15.9. The number of hydrogen-bond donors (Lipinski definition) is 1. The zero-order chi connectivity index (χ0) is 18.1. The first-order valence-corrected chi connectivity index (χ1v) is 9.22. The van der Waals surface area contributed by atoms with Gasteiger partial charge in [-0.2, -0.15) is 0 Å². The summed E-state index contributed by atoms with van der Waals surface area (Å²) in [5.41, 5.74) is 2.21. The molecule has 0 atom stereocenters. The average Bonchev–Trinajstić information content (AvgIpc) is 2.99. The lowest BCUT2D eigenvalue weighted by atomic mass is 9.89. The molecule has 2 aliphatic heterocycles. The van der Waals surface area contributed by atoms with Crippen LogP contribution in [-0.4, -0.2) is 41.8 Å². The molecular weight excluding hydrogens is 316 g/mol. The monoisotopic (exact) mass is 346 g/mol. The first-order chi connectivity index (χ1) is 11.7. The predicted molar refractivity (Wildman–Crippen MR) is 97.9 cm³/mol. The van der Waals surface area contributed by atoms with E-state index in [1.807, 2.05) is 25.7 Å². The summed E-state index contributed by atoms with van der Waals surface area (Å²) in [6, 6.07) is 6.46. The van der Waals surface area contributed by atoms with E-state index in [2.05, 4.69) is 30.4 Å². The van der Waals surface area contributed by atoms with Crippen molar-refractivity contribution in [3.8, 4) is 5.75 Å². The Balaban J connectivity index is 1.50. The number of rotatable bonds is 3. The van der Waals surface area contributed by atoms with E-state index in [1.54, 1.807) is 0 Å². The minimum absolute atomic E-state index is 0.0496. The highest BCUT2D eigenvalue weighted by Gasteiger charge is 2.33. The van der Waals surface area contributed by atoms with Gasteiger partial charge in [-0.3, -0.25) is 0 Å². The van der Waals surface area contributed by atoms with Gasteiger partial charge in [0.15, 0.2) is 0 Å². The van der Waals surface area contributed by atoms with E-state index in [0.29, 0.717) is 0 Å². The second-order valence-electron chi connectivity index (χ2n) is 8.42. The van der Waals surface area contributed by atoms with Gasteiger partial charge in [-0.1, -0.05) is 12.1 Å². The van der Waals surface area contributed by atoms with Gasteiger partial charge < -0.3 is 19.7 Å². The van der Waals surface area contributed by atoms with Crippen molar-refractivity contribution in [2.75, 3.05) is 19.7 Å². The van der Waals surface area contributed by atoms with Crippen LogP contribution in [0.3, 0.4) is 0 Å². The highest BCUT2D eigenvalue weighted by molar-refractivity contribution is 5.68. The number of carbonyl (C=O) groups excluding carboxylic acids is 1. The SMILES string of the molecule is CC1(NCc2ccc3c(c2)CCO3)CCN(C(=O)OC(C)(C)C)CC1. The van der Waals surface area contributed by atoms with Crippen LogP contribution in [0.25, 0.3) is 0 Å². The van der Waals surface area contributed by atoms with Gasteiger partial charge in [-0.05, 0) is 57.7 Å². The van der Waals surface area contributed by atoms with Crippen LogP contribution in [0.4, 0.5) is 4.79 Å². The summed E-state index contributed by atoms with van der Waals surface area (Å²) < 4.78 is 11.0. The van der Waals surface area contributed by atoms with Crippen molar-refractivity contribution in [3.63, 3.8) is 0 Å². The number of fused-ring (bicyclic) bond motifs is 1. The van der Waals surface area contributed by atoms with Crippen molar-refractivity contribution in [1.29, 1.82) is 0 Å². The van der Waals surface area contributed by atoms with Gasteiger partial charge in [0.2, 0.25) is 0 Å². The van der Waals surface area contributed by atoms with Crippen molar-refractivity contribution < 1.29 is 14.3 Å². The maximum atomic E-state index is 12.2. The highest BCUT2D eigenvalue weighted by Crippen LogP contribution is 2.27. The van der Waals surface area contributed by atoms with Crippen molar-refractivity contribution in [1.82, 2.24) is 10.2 Å². The lowest BCUT2D eigenvalue weighted by Crippen LogP contribution is -2.53. The lowest BCUT2D eigenvalue weighted by Gasteiger charge is -2.40. The fourth-order valence-electron chi connectivity index (χ4n) is 3.35. The van der Waals surface area contributed by atoms with Crippen LogP contribution >= 0.6 is 0 Å². The molecule has 1 fully saturated rings. The third kappa shape index (κ3) is 4.66. The minimum Gasteiger partial charge on any atom is -0.493 e. The van der Waals surface area contributed by atoms with E-state index in [1.165, 1.54) is 11.1 Å². The fraction of sp³-hybridized carbons (Fsp3) is 0.650. The molecule has 1 aromatic rings. The van der Waals surface area contributed by atoms with Crippen molar-refractivity contribution in [3.05, 3.63) is 29.3 Å². The number of nitrogens with zero attached hydrogens (tertiary/aromatic N) is 1. The average molecular weight is 346 g/mol. The molecule has 0 aromatic heterocycles. The Labute approximate surface area is 150 Å². The number of benzene rings is 1. The number of nitrogens with one attached hydrogen (secondary N) is 1. The summed E-state index contributed by atoms with van der Waals surface area (Å²) in [6.45, 7) is 11.1. The number of carbonyl (C=O) groups is 1. The molecule has 0 aliphatic carbocycles. The maximum absolute atomic E-state index is 12.2. The molecule has 2 aliphatic rings. The topological polar surface area (TPSA) is 50.8 Å². The second kappa shape index (κ2) is 6.87. The Morgan fingerprint density at radius 3 is 2.72 bits per heavy atom. The highest BCUT2D eigenvalue weighted by atomic mass is 16.6. The van der Waals surface area contributed by atoms with Crippen LogP contribution < -0.4 is 10.1 Å². The van der Waals surface area contributed by atoms with Crippen LogP contribution in [0.15, 0.2) is 18.2 Å². The number of likely N-dealkylation sites (tertiary alicyclic amines) is 1. The van der Waals surface area contributed by atoms with Crippen molar-refractivity contribution >= 4 is 6.09 Å². The van der Waals surface area contributed by atoms with E-state index in [9.17, 15) is 4.79 Å². The Hall–Kier alpha value is -1.75. The van der Waals surface area contributed by atoms with Crippen LogP contribution in [-0.2, 0) is 17.7 Å². The quantitative estimate of drug-likeness (QED) is 0.910. The molecule has 0 bridgehead atoms. The molecular formula is C20H30N2O3. The lowest BCUT2D eigenvalue weighted by molar-refractivity contribution is 0.0156. The third-order valence-corrected chi connectivity index (χ3v) is 4.99. The molecule has 1 N–H and O–H groups in total. The molecule has 1 aromatic carbocycles. The second-order valence-corrected chi connectivity index (χ2v) is 8.42. The smallest absolute Gasteiger partial charge is 0.410 e. The molecule has 5 heteroatoms.